The summed E-state index contributed by atoms with van der Waals surface area (Å²) >= 11 is 5.80. The first-order chi connectivity index (χ1) is 11.0. The maximum absolute atomic E-state index is 13.6. The highest BCUT2D eigenvalue weighted by molar-refractivity contribution is 6.30. The highest BCUT2D eigenvalue weighted by Crippen LogP contribution is 2.20. The lowest BCUT2D eigenvalue weighted by molar-refractivity contribution is -0.116. The van der Waals surface area contributed by atoms with Crippen LogP contribution in [0.1, 0.15) is 13.8 Å². The van der Waals surface area contributed by atoms with Crippen LogP contribution in [0.5, 0.6) is 5.75 Å². The molecule has 0 radical (unpaired) electrons. The molecule has 4 nitrogen and oxygen atoms in total. The number of anilines is 2. The number of amides is 1. The smallest absolute Gasteiger partial charge is 0.246 e. The minimum Gasteiger partial charge on any atom is -0.494 e. The molecule has 2 aromatic rings. The van der Waals surface area contributed by atoms with Gasteiger partial charge in [-0.05, 0) is 56.3 Å². The average molecular weight is 337 g/mol. The second-order valence-corrected chi connectivity index (χ2v) is 5.37. The van der Waals surface area contributed by atoms with Gasteiger partial charge in [-0.2, -0.15) is 0 Å². The fourth-order valence-electron chi connectivity index (χ4n) is 1.96. The third-order valence-corrected chi connectivity index (χ3v) is 3.36. The largest absolute Gasteiger partial charge is 0.494 e. The number of hydrogen-bond donors (Lipinski definition) is 2. The van der Waals surface area contributed by atoms with Gasteiger partial charge in [-0.25, -0.2) is 4.39 Å². The van der Waals surface area contributed by atoms with Gasteiger partial charge in [-0.1, -0.05) is 11.6 Å². The molecule has 0 aromatic heterocycles. The monoisotopic (exact) mass is 336 g/mol. The maximum atomic E-state index is 13.6. The fraction of sp³-hybridized carbons (Fsp3) is 0.235. The number of carbonyl (C=O) groups is 1. The molecule has 0 heterocycles. The molecule has 1 unspecified atom stereocenters. The molecule has 0 saturated carbocycles. The van der Waals surface area contributed by atoms with Crippen molar-refractivity contribution in [2.75, 3.05) is 17.2 Å². The van der Waals surface area contributed by atoms with Crippen molar-refractivity contribution in [3.8, 4) is 5.75 Å². The third kappa shape index (κ3) is 4.86. The molecule has 0 spiro atoms. The van der Waals surface area contributed by atoms with Crippen molar-refractivity contribution in [1.82, 2.24) is 0 Å². The predicted octanol–water partition coefficient (Wildman–Crippen LogP) is 4.32. The Morgan fingerprint density at radius 2 is 1.96 bits per heavy atom. The second-order valence-electron chi connectivity index (χ2n) is 4.94. The van der Waals surface area contributed by atoms with E-state index in [0.717, 1.165) is 11.4 Å². The molecule has 2 aromatic carbocycles. The molecular weight excluding hydrogens is 319 g/mol. The number of halogens is 2. The van der Waals surface area contributed by atoms with E-state index < -0.39 is 11.9 Å². The predicted molar refractivity (Wildman–Crippen MR) is 90.7 cm³/mol. The van der Waals surface area contributed by atoms with Crippen molar-refractivity contribution in [3.05, 3.63) is 53.3 Å². The van der Waals surface area contributed by atoms with Crippen molar-refractivity contribution in [1.29, 1.82) is 0 Å². The van der Waals surface area contributed by atoms with Crippen LogP contribution >= 0.6 is 11.6 Å². The maximum Gasteiger partial charge on any atom is 0.246 e. The molecule has 0 aliphatic carbocycles. The Bertz CT molecular complexity index is 677. The van der Waals surface area contributed by atoms with Crippen LogP contribution < -0.4 is 15.4 Å². The first kappa shape index (κ1) is 17.1. The standard InChI is InChI=1S/C17H18ClFN2O2/c1-3-23-14-7-5-13(6-8-14)20-11(2)17(22)21-16-10-12(18)4-9-15(16)19/h4-11,20H,3H2,1-2H3,(H,21,22). The van der Waals surface area contributed by atoms with Crippen molar-refractivity contribution in [3.63, 3.8) is 0 Å². The summed E-state index contributed by atoms with van der Waals surface area (Å²) in [5.74, 6) is -0.132. The molecule has 0 bridgehead atoms. The lowest BCUT2D eigenvalue weighted by atomic mass is 10.2. The van der Waals surface area contributed by atoms with Crippen LogP contribution in [-0.2, 0) is 4.79 Å². The van der Waals surface area contributed by atoms with Gasteiger partial charge < -0.3 is 15.4 Å². The highest BCUT2D eigenvalue weighted by atomic mass is 35.5. The number of ether oxygens (including phenoxy) is 1. The van der Waals surface area contributed by atoms with E-state index in [4.69, 9.17) is 16.3 Å². The molecule has 122 valence electrons. The Kier molecular flexibility index (Phi) is 5.82. The van der Waals surface area contributed by atoms with Crippen LogP contribution in [0.15, 0.2) is 42.5 Å². The van der Waals surface area contributed by atoms with Gasteiger partial charge in [0.25, 0.3) is 0 Å². The zero-order chi connectivity index (χ0) is 16.8. The Morgan fingerprint density at radius 3 is 2.61 bits per heavy atom. The van der Waals surface area contributed by atoms with Gasteiger partial charge in [0.1, 0.15) is 17.6 Å². The van der Waals surface area contributed by atoms with Crippen molar-refractivity contribution in [2.24, 2.45) is 0 Å². The summed E-state index contributed by atoms with van der Waals surface area (Å²) in [6.07, 6.45) is 0. The summed E-state index contributed by atoms with van der Waals surface area (Å²) in [4.78, 5) is 12.1. The van der Waals surface area contributed by atoms with Gasteiger partial charge in [0.15, 0.2) is 0 Å². The minimum absolute atomic E-state index is 0.0582. The zero-order valence-corrected chi connectivity index (χ0v) is 13.7. The zero-order valence-electron chi connectivity index (χ0n) is 12.9. The summed E-state index contributed by atoms with van der Waals surface area (Å²) in [6.45, 7) is 4.19. The quantitative estimate of drug-likeness (QED) is 0.826. The number of benzene rings is 2. The fourth-order valence-corrected chi connectivity index (χ4v) is 2.14. The molecule has 2 rings (SSSR count). The Labute approximate surface area is 139 Å². The van der Waals surface area contributed by atoms with Crippen LogP contribution in [0, 0.1) is 5.82 Å². The van der Waals surface area contributed by atoms with Crippen LogP contribution in [0.4, 0.5) is 15.8 Å². The summed E-state index contributed by atoms with van der Waals surface area (Å²) < 4.78 is 19.0. The topological polar surface area (TPSA) is 50.4 Å². The number of carbonyl (C=O) groups excluding carboxylic acids is 1. The number of rotatable bonds is 6. The van der Waals surface area contributed by atoms with Crippen molar-refractivity contribution < 1.29 is 13.9 Å². The van der Waals surface area contributed by atoms with E-state index in [0.29, 0.717) is 11.6 Å². The van der Waals surface area contributed by atoms with Crippen LogP contribution in [-0.4, -0.2) is 18.6 Å². The summed E-state index contributed by atoms with van der Waals surface area (Å²) in [5, 5.41) is 5.91. The molecule has 0 fully saturated rings. The molecule has 23 heavy (non-hydrogen) atoms. The molecule has 1 atom stereocenters. The Hall–Kier alpha value is -2.27. The number of nitrogens with one attached hydrogen (secondary N) is 2. The van der Waals surface area contributed by atoms with E-state index in [2.05, 4.69) is 10.6 Å². The van der Waals surface area contributed by atoms with Gasteiger partial charge in [0.2, 0.25) is 5.91 Å². The highest BCUT2D eigenvalue weighted by Gasteiger charge is 2.15. The molecule has 1 amide bonds. The Balaban J connectivity index is 1.98. The van der Waals surface area contributed by atoms with Gasteiger partial charge in [-0.15, -0.1) is 0 Å². The van der Waals surface area contributed by atoms with Crippen LogP contribution in [0.25, 0.3) is 0 Å². The second kappa shape index (κ2) is 7.83. The van der Waals surface area contributed by atoms with Crippen molar-refractivity contribution >= 4 is 28.9 Å². The van der Waals surface area contributed by atoms with Gasteiger partial charge >= 0.3 is 0 Å². The molecule has 2 N–H and O–H groups in total. The Morgan fingerprint density at radius 1 is 1.26 bits per heavy atom. The number of hydrogen-bond acceptors (Lipinski definition) is 3. The van der Waals surface area contributed by atoms with E-state index in [9.17, 15) is 9.18 Å². The van der Waals surface area contributed by atoms with Gasteiger partial charge in [0.05, 0.1) is 12.3 Å². The van der Waals surface area contributed by atoms with Gasteiger partial charge in [-0.3, -0.25) is 4.79 Å². The van der Waals surface area contributed by atoms with E-state index in [1.807, 2.05) is 31.2 Å². The van der Waals surface area contributed by atoms with Gasteiger partial charge in [0, 0.05) is 10.7 Å². The molecular formula is C17H18ClFN2O2. The average Bonchev–Trinajstić information content (AvgIpc) is 2.53. The minimum atomic E-state index is -0.550. The summed E-state index contributed by atoms with van der Waals surface area (Å²) in [5.41, 5.74) is 0.825. The van der Waals surface area contributed by atoms with E-state index >= 15 is 0 Å². The summed E-state index contributed by atoms with van der Waals surface area (Å²) in [7, 11) is 0. The molecule has 0 saturated heterocycles. The lowest BCUT2D eigenvalue weighted by Crippen LogP contribution is -2.32. The molecule has 6 heteroatoms. The molecule has 0 aliphatic heterocycles. The van der Waals surface area contributed by atoms with Crippen molar-refractivity contribution in [2.45, 2.75) is 19.9 Å². The lowest BCUT2D eigenvalue weighted by Gasteiger charge is -2.16. The summed E-state index contributed by atoms with van der Waals surface area (Å²) in [6, 6.07) is 10.7. The first-order valence-electron chi connectivity index (χ1n) is 7.25. The van der Waals surface area contributed by atoms with Crippen LogP contribution in [0.3, 0.4) is 0 Å². The molecule has 0 aliphatic rings. The van der Waals surface area contributed by atoms with Crippen LogP contribution in [0.2, 0.25) is 5.02 Å². The van der Waals surface area contributed by atoms with E-state index in [-0.39, 0.29) is 11.6 Å². The van der Waals surface area contributed by atoms with E-state index in [1.54, 1.807) is 6.92 Å². The third-order valence-electron chi connectivity index (χ3n) is 3.13. The normalized spacial score (nSPS) is 11.7. The first-order valence-corrected chi connectivity index (χ1v) is 7.62. The SMILES string of the molecule is CCOc1ccc(NC(C)C(=O)Nc2cc(Cl)ccc2F)cc1. The van der Waals surface area contributed by atoms with E-state index in [1.165, 1.54) is 18.2 Å².